The number of nitrogens with zero attached hydrogens (tertiary/aromatic N) is 6. The van der Waals surface area contributed by atoms with E-state index >= 15 is 0 Å². The molecule has 5 rings (SSSR count). The molecular weight excluding hydrogens is 652 g/mol. The number of ether oxygens (including phenoxy) is 2. The molecule has 12 nitrogen and oxygen atoms in total. The van der Waals surface area contributed by atoms with Gasteiger partial charge in [0, 0.05) is 37.6 Å². The van der Waals surface area contributed by atoms with E-state index in [2.05, 4.69) is 15.0 Å². The van der Waals surface area contributed by atoms with Crippen LogP contribution >= 0.6 is 0 Å². The van der Waals surface area contributed by atoms with Crippen molar-refractivity contribution in [2.24, 2.45) is 0 Å². The van der Waals surface area contributed by atoms with E-state index in [1.807, 2.05) is 6.92 Å². The van der Waals surface area contributed by atoms with Crippen molar-refractivity contribution in [2.75, 3.05) is 30.1 Å². The van der Waals surface area contributed by atoms with Gasteiger partial charge in [-0.3, -0.25) is 9.69 Å². The number of likely N-dealkylation sites (tertiary alicyclic amines) is 1. The highest BCUT2D eigenvalue weighted by Crippen LogP contribution is 2.43. The molecule has 2 aliphatic heterocycles. The highest BCUT2D eigenvalue weighted by Gasteiger charge is 2.41. The maximum Gasteiger partial charge on any atom is 0.416 e. The van der Waals surface area contributed by atoms with E-state index in [0.717, 1.165) is 12.1 Å². The molecule has 49 heavy (non-hydrogen) atoms. The van der Waals surface area contributed by atoms with Crippen molar-refractivity contribution in [3.63, 3.8) is 0 Å². The zero-order valence-corrected chi connectivity index (χ0v) is 27.1. The number of halogens is 4. The quantitative estimate of drug-likeness (QED) is 0.254. The fourth-order valence-corrected chi connectivity index (χ4v) is 6.37. The smallest absolute Gasteiger partial charge is 0.416 e. The van der Waals surface area contributed by atoms with Crippen LogP contribution in [0.15, 0.2) is 42.7 Å². The number of hydrogen-bond acceptors (Lipinski definition) is 9. The Hall–Kier alpha value is -5.02. The highest BCUT2D eigenvalue weighted by atomic mass is 19.4. The van der Waals surface area contributed by atoms with Crippen molar-refractivity contribution >= 4 is 29.6 Å². The zero-order chi connectivity index (χ0) is 35.5. The lowest BCUT2D eigenvalue weighted by Gasteiger charge is -2.43. The first-order valence-corrected chi connectivity index (χ1v) is 15.8. The first-order valence-electron chi connectivity index (χ1n) is 15.8. The van der Waals surface area contributed by atoms with Gasteiger partial charge in [-0.25, -0.2) is 28.9 Å². The number of alkyl halides is 4. The summed E-state index contributed by atoms with van der Waals surface area (Å²) < 4.78 is 66.2. The Kier molecular flexibility index (Phi) is 10.5. The van der Waals surface area contributed by atoms with Crippen LogP contribution in [-0.4, -0.2) is 75.3 Å². The van der Waals surface area contributed by atoms with Crippen LogP contribution in [0.1, 0.15) is 78.3 Å². The molecule has 1 saturated heterocycles. The summed E-state index contributed by atoms with van der Waals surface area (Å²) >= 11 is 0. The van der Waals surface area contributed by atoms with E-state index in [-0.39, 0.29) is 54.6 Å². The van der Waals surface area contributed by atoms with Crippen LogP contribution < -0.4 is 14.5 Å². The lowest BCUT2D eigenvalue weighted by molar-refractivity contribution is -0.141. The number of aliphatic carboxylic acids is 1. The third kappa shape index (κ3) is 7.37. The van der Waals surface area contributed by atoms with Gasteiger partial charge in [-0.1, -0.05) is 13.0 Å². The lowest BCUT2D eigenvalue weighted by atomic mass is 9.92. The second-order valence-corrected chi connectivity index (χ2v) is 11.7. The summed E-state index contributed by atoms with van der Waals surface area (Å²) in [6, 6.07) is 4.04. The van der Waals surface area contributed by atoms with Crippen LogP contribution in [0.5, 0.6) is 5.88 Å². The molecular formula is C33H36F4N6O6. The number of rotatable bonds is 10. The first-order chi connectivity index (χ1) is 23.4. The van der Waals surface area contributed by atoms with Crippen LogP contribution in [0, 0.1) is 0 Å². The van der Waals surface area contributed by atoms with E-state index in [4.69, 9.17) is 9.47 Å². The third-order valence-electron chi connectivity index (χ3n) is 8.66. The number of amides is 2. The van der Waals surface area contributed by atoms with Crippen LogP contribution in [0.2, 0.25) is 0 Å². The number of benzene rings is 1. The maximum absolute atomic E-state index is 13.9. The number of pyridine rings is 1. The second kappa shape index (κ2) is 14.6. The molecule has 0 spiro atoms. The van der Waals surface area contributed by atoms with Crippen molar-refractivity contribution in [3.05, 3.63) is 70.7 Å². The molecule has 0 aliphatic carbocycles. The number of anilines is 2. The standard InChI is InChI=1S/C33H36F4N6O6/c1-4-23-14-26(28-24(8-9-27(40-28)48-3)43(23)32(47)49-5-2)42(18-20-11-19(15-34)12-22(13-20)33(35,36)37)31-38-16-21(17-39-31)29(44)41-10-6-7-25(41)30(45)46/h8-9,11-13,16-17,23,25-26H,4-7,10,14-15,18H2,1-3H3,(H,45,46)/t23-,25+,26+/m1/s1. The summed E-state index contributed by atoms with van der Waals surface area (Å²) in [6.45, 7) is 2.55. The minimum atomic E-state index is -4.74. The molecule has 0 radical (unpaired) electrons. The molecule has 0 unspecified atom stereocenters. The third-order valence-corrected chi connectivity index (χ3v) is 8.66. The SMILES string of the molecule is CCOC(=O)N1c2ccc(OC)nc2[C@@H](N(Cc2cc(CF)cc(C(F)(F)F)c2)c2ncc(C(=O)N3CCC[C@H]3C(=O)O)cn2)C[C@H]1CC. The van der Waals surface area contributed by atoms with E-state index < -0.39 is 54.5 Å². The fourth-order valence-electron chi connectivity index (χ4n) is 6.37. The van der Waals surface area contributed by atoms with Crippen LogP contribution in [0.25, 0.3) is 0 Å². The van der Waals surface area contributed by atoms with E-state index in [9.17, 15) is 37.1 Å². The van der Waals surface area contributed by atoms with Gasteiger partial charge < -0.3 is 24.4 Å². The Bertz CT molecular complexity index is 1690. The van der Waals surface area contributed by atoms with Gasteiger partial charge in [0.25, 0.3) is 5.91 Å². The van der Waals surface area contributed by atoms with Gasteiger partial charge in [0.1, 0.15) is 12.7 Å². The molecule has 1 N–H and O–H groups in total. The zero-order valence-electron chi connectivity index (χ0n) is 27.1. The molecule has 1 fully saturated rings. The number of carbonyl (C=O) groups is 3. The largest absolute Gasteiger partial charge is 0.481 e. The van der Waals surface area contributed by atoms with Crippen molar-refractivity contribution in [3.8, 4) is 5.88 Å². The van der Waals surface area contributed by atoms with Crippen LogP contribution in [0.4, 0.5) is 34.0 Å². The molecule has 16 heteroatoms. The molecule has 4 heterocycles. The molecule has 2 amide bonds. The fraction of sp³-hybridized carbons (Fsp3) is 0.455. The molecule has 0 saturated carbocycles. The van der Waals surface area contributed by atoms with E-state index in [0.29, 0.717) is 30.6 Å². The topological polar surface area (TPSA) is 138 Å². The minimum Gasteiger partial charge on any atom is -0.481 e. The maximum atomic E-state index is 13.9. The van der Waals surface area contributed by atoms with Gasteiger partial charge in [0.15, 0.2) is 0 Å². The van der Waals surface area contributed by atoms with Gasteiger partial charge in [-0.15, -0.1) is 0 Å². The summed E-state index contributed by atoms with van der Waals surface area (Å²) in [7, 11) is 1.41. The van der Waals surface area contributed by atoms with Crippen molar-refractivity contribution < 1.29 is 46.5 Å². The molecule has 3 aromatic rings. The summed E-state index contributed by atoms with van der Waals surface area (Å²) in [4.78, 5) is 56.0. The number of carbonyl (C=O) groups excluding carboxylic acids is 2. The Morgan fingerprint density at radius 1 is 1.08 bits per heavy atom. The Balaban J connectivity index is 1.63. The Labute approximate surface area is 279 Å². The van der Waals surface area contributed by atoms with Crippen molar-refractivity contribution in [1.29, 1.82) is 0 Å². The number of carboxylic acid groups (broad SMARTS) is 1. The van der Waals surface area contributed by atoms with Gasteiger partial charge in [0.05, 0.1) is 42.3 Å². The molecule has 3 atom stereocenters. The summed E-state index contributed by atoms with van der Waals surface area (Å²) in [5, 5.41) is 9.56. The van der Waals surface area contributed by atoms with Gasteiger partial charge in [0.2, 0.25) is 11.8 Å². The van der Waals surface area contributed by atoms with Crippen LogP contribution in [0.3, 0.4) is 0 Å². The number of fused-ring (bicyclic) bond motifs is 1. The summed E-state index contributed by atoms with van der Waals surface area (Å²) in [6.07, 6.45) is -1.35. The molecule has 2 aromatic heterocycles. The minimum absolute atomic E-state index is 0.00646. The molecule has 0 bridgehead atoms. The second-order valence-electron chi connectivity index (χ2n) is 11.7. The van der Waals surface area contributed by atoms with E-state index in [1.54, 1.807) is 24.0 Å². The molecule has 262 valence electrons. The Morgan fingerprint density at radius 3 is 2.41 bits per heavy atom. The van der Waals surface area contributed by atoms with Crippen molar-refractivity contribution in [1.82, 2.24) is 19.9 Å². The Morgan fingerprint density at radius 2 is 1.80 bits per heavy atom. The predicted octanol–water partition coefficient (Wildman–Crippen LogP) is 5.95. The summed E-state index contributed by atoms with van der Waals surface area (Å²) in [5.74, 6) is -1.47. The number of aromatic nitrogens is 3. The number of hydrogen-bond donors (Lipinski definition) is 1. The summed E-state index contributed by atoms with van der Waals surface area (Å²) in [5.41, 5.74) is -0.339. The molecule has 1 aromatic carbocycles. The average Bonchev–Trinajstić information content (AvgIpc) is 3.60. The van der Waals surface area contributed by atoms with Gasteiger partial charge in [-0.2, -0.15) is 13.2 Å². The predicted molar refractivity (Wildman–Crippen MR) is 168 cm³/mol. The highest BCUT2D eigenvalue weighted by molar-refractivity contribution is 5.96. The van der Waals surface area contributed by atoms with Crippen LogP contribution in [-0.2, 0) is 28.9 Å². The monoisotopic (exact) mass is 688 g/mol. The average molecular weight is 689 g/mol. The number of methoxy groups -OCH3 is 1. The van der Waals surface area contributed by atoms with Gasteiger partial charge >= 0.3 is 18.2 Å². The normalized spacial score (nSPS) is 19.0. The van der Waals surface area contributed by atoms with E-state index in [1.165, 1.54) is 35.4 Å². The molecule has 2 aliphatic rings. The first kappa shape index (κ1) is 35.3. The van der Waals surface area contributed by atoms with Gasteiger partial charge in [-0.05, 0) is 61.9 Å². The lowest BCUT2D eigenvalue weighted by Crippen LogP contribution is -2.48. The van der Waals surface area contributed by atoms with Crippen molar-refractivity contribution in [2.45, 2.75) is 77.1 Å². The number of carboxylic acids is 1.